The number of nitrogens with zero attached hydrogens (tertiary/aromatic N) is 1. The van der Waals surface area contributed by atoms with Gasteiger partial charge < -0.3 is 0 Å². The third-order valence-electron chi connectivity index (χ3n) is 3.74. The van der Waals surface area contributed by atoms with Crippen molar-refractivity contribution in [2.75, 3.05) is 25.4 Å². The van der Waals surface area contributed by atoms with Gasteiger partial charge in [-0.25, -0.2) is 13.1 Å². The zero-order valence-electron chi connectivity index (χ0n) is 12.1. The van der Waals surface area contributed by atoms with Crippen LogP contribution in [0.15, 0.2) is 30.3 Å². The standard InChI is InChI=1S/C15H24N2O2S/c1-2-12-20(18,19)16-13-15(17-10-6-7-11-17)14-8-4-3-5-9-14/h3-5,8-9,15-16H,2,6-7,10-13H2,1H3. The summed E-state index contributed by atoms with van der Waals surface area (Å²) in [6.07, 6.45) is 3.05. The molecule has 1 N–H and O–H groups in total. The van der Waals surface area contributed by atoms with Crippen LogP contribution in [0.4, 0.5) is 0 Å². The van der Waals surface area contributed by atoms with Crippen molar-refractivity contribution in [3.8, 4) is 0 Å². The zero-order chi connectivity index (χ0) is 14.4. The molecule has 0 spiro atoms. The highest BCUT2D eigenvalue weighted by molar-refractivity contribution is 7.89. The number of benzene rings is 1. The summed E-state index contributed by atoms with van der Waals surface area (Å²) in [6, 6.07) is 10.3. The molecule has 1 aliphatic heterocycles. The van der Waals surface area contributed by atoms with Gasteiger partial charge >= 0.3 is 0 Å². The molecule has 1 fully saturated rings. The second-order valence-corrected chi connectivity index (χ2v) is 7.26. The van der Waals surface area contributed by atoms with Crippen molar-refractivity contribution in [2.24, 2.45) is 0 Å². The molecular formula is C15H24N2O2S. The smallest absolute Gasteiger partial charge is 0.211 e. The SMILES string of the molecule is CCCS(=O)(=O)NCC(c1ccccc1)N1CCCC1. The second-order valence-electron chi connectivity index (χ2n) is 5.34. The third-order valence-corrected chi connectivity index (χ3v) is 5.29. The van der Waals surface area contributed by atoms with E-state index in [2.05, 4.69) is 21.8 Å². The van der Waals surface area contributed by atoms with Crippen LogP contribution in [-0.4, -0.2) is 38.7 Å². The number of nitrogens with one attached hydrogen (secondary N) is 1. The monoisotopic (exact) mass is 296 g/mol. The molecular weight excluding hydrogens is 272 g/mol. The van der Waals surface area contributed by atoms with Gasteiger partial charge in [-0.2, -0.15) is 0 Å². The van der Waals surface area contributed by atoms with Gasteiger partial charge in [-0.3, -0.25) is 4.90 Å². The molecule has 5 heteroatoms. The number of hydrogen-bond donors (Lipinski definition) is 1. The van der Waals surface area contributed by atoms with E-state index in [-0.39, 0.29) is 11.8 Å². The summed E-state index contributed by atoms with van der Waals surface area (Å²) in [6.45, 7) is 4.45. The number of hydrogen-bond acceptors (Lipinski definition) is 3. The first-order valence-corrected chi connectivity index (χ1v) is 9.04. The van der Waals surface area contributed by atoms with Crippen LogP contribution in [0.2, 0.25) is 0 Å². The molecule has 1 unspecified atom stereocenters. The lowest BCUT2D eigenvalue weighted by Gasteiger charge is -2.28. The van der Waals surface area contributed by atoms with Gasteiger partial charge in [-0.1, -0.05) is 37.3 Å². The first kappa shape index (κ1) is 15.5. The molecule has 0 amide bonds. The van der Waals surface area contributed by atoms with E-state index in [1.165, 1.54) is 18.4 Å². The fourth-order valence-corrected chi connectivity index (χ4v) is 3.83. The van der Waals surface area contributed by atoms with Gasteiger partial charge in [0.15, 0.2) is 0 Å². The minimum atomic E-state index is -3.14. The highest BCUT2D eigenvalue weighted by Gasteiger charge is 2.24. The van der Waals surface area contributed by atoms with Crippen LogP contribution in [0.1, 0.15) is 37.8 Å². The lowest BCUT2D eigenvalue weighted by atomic mass is 10.1. The number of rotatable bonds is 7. The van der Waals surface area contributed by atoms with E-state index >= 15 is 0 Å². The van der Waals surface area contributed by atoms with Crippen molar-refractivity contribution in [3.63, 3.8) is 0 Å². The molecule has 0 aromatic heterocycles. The largest absolute Gasteiger partial charge is 0.295 e. The average molecular weight is 296 g/mol. The van der Waals surface area contributed by atoms with Gasteiger partial charge in [0, 0.05) is 12.6 Å². The van der Waals surface area contributed by atoms with Crippen molar-refractivity contribution >= 4 is 10.0 Å². The van der Waals surface area contributed by atoms with Crippen LogP contribution in [0.5, 0.6) is 0 Å². The molecule has 2 rings (SSSR count). The number of likely N-dealkylation sites (tertiary alicyclic amines) is 1. The second kappa shape index (κ2) is 7.20. The Bertz CT molecular complexity index is 496. The van der Waals surface area contributed by atoms with Crippen LogP contribution in [0, 0.1) is 0 Å². The minimum absolute atomic E-state index is 0.144. The topological polar surface area (TPSA) is 49.4 Å². The molecule has 1 atom stereocenters. The van der Waals surface area contributed by atoms with Crippen LogP contribution in [0.3, 0.4) is 0 Å². The van der Waals surface area contributed by atoms with Crippen LogP contribution < -0.4 is 4.72 Å². The first-order valence-electron chi connectivity index (χ1n) is 7.39. The minimum Gasteiger partial charge on any atom is -0.295 e. The number of sulfonamides is 1. The Balaban J connectivity index is 2.07. The Kier molecular flexibility index (Phi) is 5.57. The van der Waals surface area contributed by atoms with Crippen LogP contribution in [-0.2, 0) is 10.0 Å². The Labute approximate surface area is 122 Å². The Morgan fingerprint density at radius 2 is 1.85 bits per heavy atom. The van der Waals surface area contributed by atoms with E-state index in [0.29, 0.717) is 13.0 Å². The molecule has 0 radical (unpaired) electrons. The van der Waals surface area contributed by atoms with E-state index in [0.717, 1.165) is 13.1 Å². The molecule has 1 heterocycles. The van der Waals surface area contributed by atoms with Crippen molar-refractivity contribution in [1.29, 1.82) is 0 Å². The van der Waals surface area contributed by atoms with Crippen LogP contribution in [0.25, 0.3) is 0 Å². The fraction of sp³-hybridized carbons (Fsp3) is 0.600. The van der Waals surface area contributed by atoms with Gasteiger partial charge in [-0.15, -0.1) is 0 Å². The van der Waals surface area contributed by atoms with E-state index in [4.69, 9.17) is 0 Å². The zero-order valence-corrected chi connectivity index (χ0v) is 12.9. The predicted octanol–water partition coefficient (Wildman–Crippen LogP) is 2.15. The van der Waals surface area contributed by atoms with Gasteiger partial charge in [0.05, 0.1) is 5.75 Å². The molecule has 112 valence electrons. The van der Waals surface area contributed by atoms with E-state index in [9.17, 15) is 8.42 Å². The van der Waals surface area contributed by atoms with Crippen molar-refractivity contribution < 1.29 is 8.42 Å². The molecule has 0 aliphatic carbocycles. The Morgan fingerprint density at radius 3 is 2.45 bits per heavy atom. The average Bonchev–Trinajstić information content (AvgIpc) is 2.94. The molecule has 0 bridgehead atoms. The maximum Gasteiger partial charge on any atom is 0.211 e. The van der Waals surface area contributed by atoms with E-state index in [1.54, 1.807) is 0 Å². The van der Waals surface area contributed by atoms with Crippen molar-refractivity contribution in [2.45, 2.75) is 32.2 Å². The molecule has 1 saturated heterocycles. The summed E-state index contributed by atoms with van der Waals surface area (Å²) in [5.74, 6) is 0.203. The highest BCUT2D eigenvalue weighted by Crippen LogP contribution is 2.24. The lowest BCUT2D eigenvalue weighted by Crippen LogP contribution is -2.37. The molecule has 0 saturated carbocycles. The summed E-state index contributed by atoms with van der Waals surface area (Å²) >= 11 is 0. The summed E-state index contributed by atoms with van der Waals surface area (Å²) < 4.78 is 26.5. The summed E-state index contributed by atoms with van der Waals surface area (Å²) in [7, 11) is -3.14. The first-order chi connectivity index (χ1) is 9.62. The molecule has 1 aromatic carbocycles. The molecule has 4 nitrogen and oxygen atoms in total. The molecule has 20 heavy (non-hydrogen) atoms. The fourth-order valence-electron chi connectivity index (χ4n) is 2.73. The van der Waals surface area contributed by atoms with Gasteiger partial charge in [0.2, 0.25) is 10.0 Å². The van der Waals surface area contributed by atoms with E-state index in [1.807, 2.05) is 25.1 Å². The maximum atomic E-state index is 11.9. The normalized spacial score (nSPS) is 18.2. The van der Waals surface area contributed by atoms with Gasteiger partial charge in [-0.05, 0) is 37.9 Å². The molecule has 1 aromatic rings. The Morgan fingerprint density at radius 1 is 1.20 bits per heavy atom. The van der Waals surface area contributed by atoms with Gasteiger partial charge in [0.25, 0.3) is 0 Å². The van der Waals surface area contributed by atoms with E-state index < -0.39 is 10.0 Å². The Hall–Kier alpha value is -0.910. The predicted molar refractivity (Wildman–Crippen MR) is 82.1 cm³/mol. The maximum absolute atomic E-state index is 11.9. The van der Waals surface area contributed by atoms with Crippen molar-refractivity contribution in [3.05, 3.63) is 35.9 Å². The van der Waals surface area contributed by atoms with Crippen LogP contribution >= 0.6 is 0 Å². The van der Waals surface area contributed by atoms with Gasteiger partial charge in [0.1, 0.15) is 0 Å². The molecule has 1 aliphatic rings. The summed E-state index contributed by atoms with van der Waals surface area (Å²) in [4.78, 5) is 2.38. The highest BCUT2D eigenvalue weighted by atomic mass is 32.2. The van der Waals surface area contributed by atoms with Crippen molar-refractivity contribution in [1.82, 2.24) is 9.62 Å². The summed E-state index contributed by atoms with van der Waals surface area (Å²) in [5, 5.41) is 0. The lowest BCUT2D eigenvalue weighted by molar-refractivity contribution is 0.246. The summed E-state index contributed by atoms with van der Waals surface area (Å²) in [5.41, 5.74) is 1.19. The quantitative estimate of drug-likeness (QED) is 0.839. The third kappa shape index (κ3) is 4.30.